The van der Waals surface area contributed by atoms with Gasteiger partial charge in [0.1, 0.15) is 12.1 Å². The standard InChI is InChI=1S/C12H17N5O/c1-4-17-6-9(5-16-17)18-12-10(8(2)3)11(13)14-7-15-12/h5-8H,4H2,1-3H3,(H2,13,14,15). The normalized spacial score (nSPS) is 10.9. The lowest BCUT2D eigenvalue weighted by molar-refractivity contribution is 0.451. The molecule has 18 heavy (non-hydrogen) atoms. The lowest BCUT2D eigenvalue weighted by Gasteiger charge is -2.12. The largest absolute Gasteiger partial charge is 0.435 e. The molecule has 0 fully saturated rings. The number of aryl methyl sites for hydroxylation is 1. The summed E-state index contributed by atoms with van der Waals surface area (Å²) in [5, 5.41) is 4.14. The minimum atomic E-state index is 0.197. The Hall–Kier alpha value is -2.11. The third kappa shape index (κ3) is 2.42. The van der Waals surface area contributed by atoms with Crippen molar-refractivity contribution in [3.63, 3.8) is 0 Å². The van der Waals surface area contributed by atoms with Gasteiger partial charge in [-0.25, -0.2) is 9.97 Å². The van der Waals surface area contributed by atoms with Gasteiger partial charge in [-0.2, -0.15) is 5.10 Å². The molecular weight excluding hydrogens is 230 g/mol. The molecule has 0 saturated heterocycles. The summed E-state index contributed by atoms with van der Waals surface area (Å²) in [6, 6.07) is 0. The van der Waals surface area contributed by atoms with E-state index < -0.39 is 0 Å². The van der Waals surface area contributed by atoms with E-state index in [1.807, 2.05) is 27.0 Å². The van der Waals surface area contributed by atoms with Gasteiger partial charge in [-0.3, -0.25) is 4.68 Å². The van der Waals surface area contributed by atoms with E-state index >= 15 is 0 Å². The molecule has 2 rings (SSSR count). The second-order valence-corrected chi connectivity index (χ2v) is 4.27. The summed E-state index contributed by atoms with van der Waals surface area (Å²) in [7, 11) is 0. The van der Waals surface area contributed by atoms with E-state index in [-0.39, 0.29) is 5.92 Å². The van der Waals surface area contributed by atoms with Gasteiger partial charge in [0.05, 0.1) is 18.0 Å². The molecule has 0 bridgehead atoms. The maximum absolute atomic E-state index is 5.86. The molecule has 0 aliphatic heterocycles. The molecule has 0 atom stereocenters. The molecule has 0 saturated carbocycles. The Bertz CT molecular complexity index is 535. The zero-order chi connectivity index (χ0) is 13.1. The molecule has 0 unspecified atom stereocenters. The van der Waals surface area contributed by atoms with Crippen LogP contribution in [0.5, 0.6) is 11.6 Å². The van der Waals surface area contributed by atoms with Crippen LogP contribution in [0.15, 0.2) is 18.7 Å². The number of nitrogens with zero attached hydrogens (tertiary/aromatic N) is 4. The number of nitrogens with two attached hydrogens (primary N) is 1. The molecule has 0 amide bonds. The quantitative estimate of drug-likeness (QED) is 0.895. The fourth-order valence-corrected chi connectivity index (χ4v) is 1.70. The minimum absolute atomic E-state index is 0.197. The Labute approximate surface area is 106 Å². The van der Waals surface area contributed by atoms with Crippen molar-refractivity contribution in [2.75, 3.05) is 5.73 Å². The molecule has 2 aromatic rings. The van der Waals surface area contributed by atoms with E-state index in [1.54, 1.807) is 10.9 Å². The number of ether oxygens (including phenoxy) is 1. The van der Waals surface area contributed by atoms with Crippen LogP contribution in [0.1, 0.15) is 32.3 Å². The molecule has 96 valence electrons. The van der Waals surface area contributed by atoms with Crippen molar-refractivity contribution in [2.45, 2.75) is 33.2 Å². The molecule has 0 spiro atoms. The summed E-state index contributed by atoms with van der Waals surface area (Å²) in [5.74, 6) is 1.80. The number of hydrogen-bond acceptors (Lipinski definition) is 5. The Morgan fingerprint density at radius 1 is 1.39 bits per heavy atom. The zero-order valence-corrected chi connectivity index (χ0v) is 10.8. The lowest BCUT2D eigenvalue weighted by atomic mass is 10.1. The van der Waals surface area contributed by atoms with Crippen molar-refractivity contribution in [1.82, 2.24) is 19.7 Å². The number of nitrogen functional groups attached to an aromatic ring is 1. The van der Waals surface area contributed by atoms with E-state index in [2.05, 4.69) is 15.1 Å². The third-order valence-electron chi connectivity index (χ3n) is 2.60. The molecule has 6 heteroatoms. The maximum atomic E-state index is 5.86. The number of hydrogen-bond donors (Lipinski definition) is 1. The topological polar surface area (TPSA) is 78.8 Å². The van der Waals surface area contributed by atoms with Crippen LogP contribution in [0, 0.1) is 0 Å². The van der Waals surface area contributed by atoms with Crippen LogP contribution in [-0.2, 0) is 6.54 Å². The summed E-state index contributed by atoms with van der Waals surface area (Å²) in [5.41, 5.74) is 6.68. The van der Waals surface area contributed by atoms with Crippen LogP contribution >= 0.6 is 0 Å². The molecule has 2 N–H and O–H groups in total. The molecule has 2 heterocycles. The Kier molecular flexibility index (Phi) is 3.45. The molecule has 6 nitrogen and oxygen atoms in total. The number of anilines is 1. The minimum Gasteiger partial charge on any atom is -0.435 e. The van der Waals surface area contributed by atoms with Crippen LogP contribution in [-0.4, -0.2) is 19.7 Å². The second-order valence-electron chi connectivity index (χ2n) is 4.27. The van der Waals surface area contributed by atoms with Gasteiger partial charge in [-0.15, -0.1) is 0 Å². The van der Waals surface area contributed by atoms with Gasteiger partial charge < -0.3 is 10.5 Å². The zero-order valence-electron chi connectivity index (χ0n) is 10.8. The molecule has 2 aromatic heterocycles. The fourth-order valence-electron chi connectivity index (χ4n) is 1.70. The smallest absolute Gasteiger partial charge is 0.228 e. The van der Waals surface area contributed by atoms with Crippen LogP contribution < -0.4 is 10.5 Å². The highest BCUT2D eigenvalue weighted by Gasteiger charge is 2.15. The fraction of sp³-hybridized carbons (Fsp3) is 0.417. The van der Waals surface area contributed by atoms with Crippen LogP contribution in [0.4, 0.5) is 5.82 Å². The van der Waals surface area contributed by atoms with Crippen molar-refractivity contribution in [3.8, 4) is 11.6 Å². The van der Waals surface area contributed by atoms with Crippen molar-refractivity contribution < 1.29 is 4.74 Å². The number of rotatable bonds is 4. The molecule has 0 aliphatic carbocycles. The van der Waals surface area contributed by atoms with E-state index in [4.69, 9.17) is 10.5 Å². The molecule has 0 aliphatic rings. The summed E-state index contributed by atoms with van der Waals surface area (Å²) < 4.78 is 7.51. The van der Waals surface area contributed by atoms with E-state index in [0.29, 0.717) is 17.4 Å². The SMILES string of the molecule is CCn1cc(Oc2ncnc(N)c2C(C)C)cn1. The van der Waals surface area contributed by atoms with Gasteiger partial charge in [-0.1, -0.05) is 13.8 Å². The van der Waals surface area contributed by atoms with E-state index in [1.165, 1.54) is 6.33 Å². The van der Waals surface area contributed by atoms with Gasteiger partial charge in [0.25, 0.3) is 0 Å². The van der Waals surface area contributed by atoms with Gasteiger partial charge in [0.2, 0.25) is 5.88 Å². The molecular formula is C12H17N5O. The maximum Gasteiger partial charge on any atom is 0.228 e. The summed E-state index contributed by atoms with van der Waals surface area (Å²) >= 11 is 0. The Balaban J connectivity index is 2.31. The van der Waals surface area contributed by atoms with Gasteiger partial charge >= 0.3 is 0 Å². The first kappa shape index (κ1) is 12.3. The molecule has 0 radical (unpaired) electrons. The van der Waals surface area contributed by atoms with Crippen molar-refractivity contribution in [2.24, 2.45) is 0 Å². The lowest BCUT2D eigenvalue weighted by Crippen LogP contribution is -2.04. The predicted molar refractivity (Wildman–Crippen MR) is 68.5 cm³/mol. The monoisotopic (exact) mass is 247 g/mol. The van der Waals surface area contributed by atoms with Crippen LogP contribution in [0.3, 0.4) is 0 Å². The molecule has 0 aromatic carbocycles. The first-order chi connectivity index (χ1) is 8.61. The Morgan fingerprint density at radius 3 is 2.78 bits per heavy atom. The first-order valence-electron chi connectivity index (χ1n) is 5.92. The van der Waals surface area contributed by atoms with Crippen LogP contribution in [0.25, 0.3) is 0 Å². The number of aromatic nitrogens is 4. The summed E-state index contributed by atoms with van der Waals surface area (Å²) in [4.78, 5) is 8.13. The van der Waals surface area contributed by atoms with Crippen molar-refractivity contribution in [3.05, 3.63) is 24.3 Å². The van der Waals surface area contributed by atoms with E-state index in [9.17, 15) is 0 Å². The predicted octanol–water partition coefficient (Wildman–Crippen LogP) is 2.19. The van der Waals surface area contributed by atoms with Gasteiger partial charge in [0.15, 0.2) is 5.75 Å². The first-order valence-corrected chi connectivity index (χ1v) is 5.92. The highest BCUT2D eigenvalue weighted by molar-refractivity contribution is 5.47. The van der Waals surface area contributed by atoms with E-state index in [0.717, 1.165) is 12.1 Å². The summed E-state index contributed by atoms with van der Waals surface area (Å²) in [6.45, 7) is 6.86. The average Bonchev–Trinajstić information content (AvgIpc) is 2.76. The van der Waals surface area contributed by atoms with Crippen LogP contribution in [0.2, 0.25) is 0 Å². The van der Waals surface area contributed by atoms with Crippen molar-refractivity contribution >= 4 is 5.82 Å². The highest BCUT2D eigenvalue weighted by Crippen LogP contribution is 2.31. The Morgan fingerprint density at radius 2 is 2.17 bits per heavy atom. The summed E-state index contributed by atoms with van der Waals surface area (Å²) in [6.07, 6.45) is 4.88. The van der Waals surface area contributed by atoms with Gasteiger partial charge in [0, 0.05) is 6.54 Å². The van der Waals surface area contributed by atoms with Gasteiger partial charge in [-0.05, 0) is 12.8 Å². The highest BCUT2D eigenvalue weighted by atomic mass is 16.5. The average molecular weight is 247 g/mol. The van der Waals surface area contributed by atoms with Crippen molar-refractivity contribution in [1.29, 1.82) is 0 Å². The second kappa shape index (κ2) is 5.03. The third-order valence-corrected chi connectivity index (χ3v) is 2.60.